The van der Waals surface area contributed by atoms with Crippen LogP contribution in [-0.2, 0) is 14.8 Å². The number of carbonyl (C=O) groups excluding carboxylic acids is 2. The van der Waals surface area contributed by atoms with Crippen molar-refractivity contribution in [3.8, 4) is 0 Å². The fraction of sp³-hybridized carbons (Fsp3) is 0.263. The second-order valence-corrected chi connectivity index (χ2v) is 9.02. The average molecular weight is 442 g/mol. The third-order valence-electron chi connectivity index (χ3n) is 4.35. The first-order chi connectivity index (χ1) is 13.3. The van der Waals surface area contributed by atoms with Crippen LogP contribution >= 0.6 is 23.2 Å². The van der Waals surface area contributed by atoms with Crippen molar-refractivity contribution in [1.29, 1.82) is 0 Å². The molecule has 0 unspecified atom stereocenters. The summed E-state index contributed by atoms with van der Waals surface area (Å²) in [6.45, 7) is 0.435. The highest BCUT2D eigenvalue weighted by atomic mass is 35.5. The second-order valence-electron chi connectivity index (χ2n) is 6.27. The van der Waals surface area contributed by atoms with Crippen LogP contribution < -0.4 is 0 Å². The predicted molar refractivity (Wildman–Crippen MR) is 106 cm³/mol. The molecule has 3 rings (SSSR count). The average Bonchev–Trinajstić information content (AvgIpc) is 3.24. The van der Waals surface area contributed by atoms with Gasteiger partial charge >= 0.3 is 5.97 Å². The standard InChI is InChI=1S/C19H17Cl2NO5S/c20-16-7-6-13(11-17(16)21)18(23)12-27-19(24)14-4-3-5-15(10-14)28(25,26)22-8-1-2-9-22/h3-7,10-11H,1-2,8-9,12H2. The highest BCUT2D eigenvalue weighted by Crippen LogP contribution is 2.23. The number of carbonyl (C=O) groups is 2. The Balaban J connectivity index is 1.69. The molecule has 0 radical (unpaired) electrons. The zero-order chi connectivity index (χ0) is 20.3. The van der Waals surface area contributed by atoms with E-state index in [-0.39, 0.29) is 21.0 Å². The minimum atomic E-state index is -3.65. The van der Waals surface area contributed by atoms with Crippen LogP contribution in [0.15, 0.2) is 47.4 Å². The Morgan fingerprint density at radius 2 is 1.68 bits per heavy atom. The molecule has 0 bridgehead atoms. The van der Waals surface area contributed by atoms with Crippen molar-refractivity contribution in [2.24, 2.45) is 0 Å². The number of nitrogens with zero attached hydrogens (tertiary/aromatic N) is 1. The van der Waals surface area contributed by atoms with Crippen LogP contribution in [0, 0.1) is 0 Å². The second kappa shape index (κ2) is 8.61. The first kappa shape index (κ1) is 20.8. The molecule has 1 heterocycles. The smallest absolute Gasteiger partial charge is 0.338 e. The number of halogens is 2. The zero-order valence-electron chi connectivity index (χ0n) is 14.7. The van der Waals surface area contributed by atoms with E-state index in [4.69, 9.17) is 27.9 Å². The Morgan fingerprint density at radius 3 is 2.36 bits per heavy atom. The lowest BCUT2D eigenvalue weighted by Crippen LogP contribution is -2.28. The number of Topliss-reactive ketones (excluding diaryl/α,β-unsaturated/α-hetero) is 1. The van der Waals surface area contributed by atoms with Crippen molar-refractivity contribution in [3.63, 3.8) is 0 Å². The largest absolute Gasteiger partial charge is 0.454 e. The van der Waals surface area contributed by atoms with Gasteiger partial charge in [0.15, 0.2) is 12.4 Å². The maximum atomic E-state index is 12.6. The minimum absolute atomic E-state index is 0.0275. The van der Waals surface area contributed by atoms with Gasteiger partial charge in [0.05, 0.1) is 20.5 Å². The van der Waals surface area contributed by atoms with Crippen LogP contribution in [0.2, 0.25) is 10.0 Å². The van der Waals surface area contributed by atoms with Gasteiger partial charge in [-0.2, -0.15) is 4.31 Å². The lowest BCUT2D eigenvalue weighted by Gasteiger charge is -2.15. The molecule has 148 valence electrons. The van der Waals surface area contributed by atoms with E-state index in [1.54, 1.807) is 0 Å². The van der Waals surface area contributed by atoms with Crippen molar-refractivity contribution in [3.05, 3.63) is 63.6 Å². The number of hydrogen-bond donors (Lipinski definition) is 0. The van der Waals surface area contributed by atoms with E-state index >= 15 is 0 Å². The molecule has 0 atom stereocenters. The normalized spacial score (nSPS) is 14.8. The van der Waals surface area contributed by atoms with Crippen LogP contribution in [0.1, 0.15) is 33.6 Å². The first-order valence-electron chi connectivity index (χ1n) is 8.54. The topological polar surface area (TPSA) is 80.8 Å². The Kier molecular flexibility index (Phi) is 6.40. The van der Waals surface area contributed by atoms with E-state index in [1.165, 1.54) is 46.8 Å². The molecule has 2 aromatic rings. The van der Waals surface area contributed by atoms with Gasteiger partial charge in [-0.3, -0.25) is 4.79 Å². The van der Waals surface area contributed by atoms with E-state index in [0.717, 1.165) is 12.8 Å². The molecule has 0 aliphatic carbocycles. The molecule has 0 saturated carbocycles. The van der Waals surface area contributed by atoms with Gasteiger partial charge in [0.1, 0.15) is 0 Å². The summed E-state index contributed by atoms with van der Waals surface area (Å²) < 4.78 is 31.7. The molecule has 0 spiro atoms. The number of rotatable bonds is 6. The van der Waals surface area contributed by atoms with E-state index in [9.17, 15) is 18.0 Å². The van der Waals surface area contributed by atoms with Crippen LogP contribution in [0.3, 0.4) is 0 Å². The SMILES string of the molecule is O=C(COC(=O)c1cccc(S(=O)(=O)N2CCCC2)c1)c1ccc(Cl)c(Cl)c1. The fourth-order valence-electron chi connectivity index (χ4n) is 2.83. The Labute approximate surface area is 173 Å². The number of sulfonamides is 1. The maximum absolute atomic E-state index is 12.6. The van der Waals surface area contributed by atoms with Crippen LogP contribution in [-0.4, -0.2) is 44.2 Å². The van der Waals surface area contributed by atoms with Gasteiger partial charge in [-0.1, -0.05) is 29.3 Å². The molecule has 28 heavy (non-hydrogen) atoms. The molecule has 2 aromatic carbocycles. The summed E-state index contributed by atoms with van der Waals surface area (Å²) in [6.07, 6.45) is 1.63. The summed E-state index contributed by atoms with van der Waals surface area (Å²) in [6, 6.07) is 9.96. The van der Waals surface area contributed by atoms with Gasteiger partial charge in [0, 0.05) is 18.7 Å². The van der Waals surface area contributed by atoms with E-state index in [0.29, 0.717) is 18.1 Å². The maximum Gasteiger partial charge on any atom is 0.338 e. The number of benzene rings is 2. The molecule has 1 fully saturated rings. The molecule has 1 saturated heterocycles. The van der Waals surface area contributed by atoms with E-state index < -0.39 is 28.4 Å². The lowest BCUT2D eigenvalue weighted by molar-refractivity contribution is 0.0474. The summed E-state index contributed by atoms with van der Waals surface area (Å²) in [7, 11) is -3.65. The molecule has 9 heteroatoms. The molecule has 0 N–H and O–H groups in total. The zero-order valence-corrected chi connectivity index (χ0v) is 17.1. The van der Waals surface area contributed by atoms with Crippen molar-refractivity contribution in [2.75, 3.05) is 19.7 Å². The number of ether oxygens (including phenoxy) is 1. The molecule has 0 aromatic heterocycles. The van der Waals surface area contributed by atoms with Gasteiger partial charge in [-0.05, 0) is 49.2 Å². The molecule has 6 nitrogen and oxygen atoms in total. The summed E-state index contributed by atoms with van der Waals surface area (Å²) in [5.41, 5.74) is 0.315. The van der Waals surface area contributed by atoms with Gasteiger partial charge in [0.25, 0.3) is 0 Å². The Morgan fingerprint density at radius 1 is 0.964 bits per heavy atom. The van der Waals surface area contributed by atoms with Crippen molar-refractivity contribution >= 4 is 45.0 Å². The van der Waals surface area contributed by atoms with Gasteiger partial charge in [-0.25, -0.2) is 13.2 Å². The monoisotopic (exact) mass is 441 g/mol. The third kappa shape index (κ3) is 4.55. The quantitative estimate of drug-likeness (QED) is 0.502. The van der Waals surface area contributed by atoms with Crippen molar-refractivity contribution in [2.45, 2.75) is 17.7 Å². The highest BCUT2D eigenvalue weighted by Gasteiger charge is 2.27. The van der Waals surface area contributed by atoms with Crippen molar-refractivity contribution < 1.29 is 22.7 Å². The predicted octanol–water partition coefficient (Wildman–Crippen LogP) is 3.82. The molecule has 1 aliphatic rings. The summed E-state index contributed by atoms with van der Waals surface area (Å²) in [5.74, 6) is -1.24. The molecule has 0 amide bonds. The van der Waals surface area contributed by atoms with Crippen LogP contribution in [0.4, 0.5) is 0 Å². The molecule has 1 aliphatic heterocycles. The van der Waals surface area contributed by atoms with Gasteiger partial charge in [-0.15, -0.1) is 0 Å². The molecular weight excluding hydrogens is 425 g/mol. The minimum Gasteiger partial charge on any atom is -0.454 e. The van der Waals surface area contributed by atoms with E-state index in [1.807, 2.05) is 0 Å². The Bertz CT molecular complexity index is 1020. The van der Waals surface area contributed by atoms with E-state index in [2.05, 4.69) is 0 Å². The third-order valence-corrected chi connectivity index (χ3v) is 6.98. The van der Waals surface area contributed by atoms with Gasteiger partial charge < -0.3 is 4.74 Å². The molecular formula is C19H17Cl2NO5S. The van der Waals surface area contributed by atoms with Crippen LogP contribution in [0.25, 0.3) is 0 Å². The van der Waals surface area contributed by atoms with Crippen molar-refractivity contribution in [1.82, 2.24) is 4.31 Å². The first-order valence-corrected chi connectivity index (χ1v) is 10.7. The number of ketones is 1. The summed E-state index contributed by atoms with van der Waals surface area (Å²) in [4.78, 5) is 24.5. The van der Waals surface area contributed by atoms with Gasteiger partial charge in [0.2, 0.25) is 10.0 Å². The Hall–Kier alpha value is -1.93. The number of hydrogen-bond acceptors (Lipinski definition) is 5. The van der Waals surface area contributed by atoms with Crippen LogP contribution in [0.5, 0.6) is 0 Å². The lowest BCUT2D eigenvalue weighted by atomic mass is 10.1. The fourth-order valence-corrected chi connectivity index (χ4v) is 4.69. The summed E-state index contributed by atoms with van der Waals surface area (Å²) >= 11 is 11.7. The summed E-state index contributed by atoms with van der Waals surface area (Å²) in [5, 5.41) is 0.532. The highest BCUT2D eigenvalue weighted by molar-refractivity contribution is 7.89. The number of esters is 1.